The van der Waals surface area contributed by atoms with Crippen LogP contribution in [0.2, 0.25) is 0 Å². The van der Waals surface area contributed by atoms with Gasteiger partial charge in [-0.1, -0.05) is 0 Å². The average molecular weight is 471 g/mol. The third-order valence-corrected chi connectivity index (χ3v) is 3.54. The van der Waals surface area contributed by atoms with Gasteiger partial charge in [-0.25, -0.2) is 4.98 Å². The van der Waals surface area contributed by atoms with E-state index in [1.807, 2.05) is 5.38 Å². The first kappa shape index (κ1) is 15.1. The summed E-state index contributed by atoms with van der Waals surface area (Å²) in [5.74, 6) is 0. The molecule has 0 N–H and O–H groups in total. The smallest absolute Gasteiger partial charge is 0.284 e. The third kappa shape index (κ3) is 2.75. The molecule has 7 heteroatoms. The van der Waals surface area contributed by atoms with Crippen molar-refractivity contribution in [2.75, 3.05) is 0 Å². The van der Waals surface area contributed by atoms with Crippen LogP contribution in [0.25, 0.3) is 21.5 Å². The van der Waals surface area contributed by atoms with Crippen LogP contribution in [-0.2, 0) is 26.3 Å². The fourth-order valence-electron chi connectivity index (χ4n) is 1.76. The molecule has 3 aromatic rings. The Morgan fingerprint density at radius 2 is 1.95 bits per heavy atom. The van der Waals surface area contributed by atoms with Crippen molar-refractivity contribution < 1.29 is 33.3 Å². The first-order chi connectivity index (χ1) is 9.05. The van der Waals surface area contributed by atoms with Crippen LogP contribution in [0, 0.1) is 6.07 Å². The van der Waals surface area contributed by atoms with Crippen LogP contribution in [-0.4, -0.2) is 9.97 Å². The van der Waals surface area contributed by atoms with Crippen LogP contribution in [0.1, 0.15) is 5.56 Å². The van der Waals surface area contributed by atoms with Crippen LogP contribution in [0.3, 0.4) is 0 Å². The van der Waals surface area contributed by atoms with Gasteiger partial charge < -0.3 is 0 Å². The molecule has 0 saturated carbocycles. The van der Waals surface area contributed by atoms with Crippen molar-refractivity contribution in [1.82, 2.24) is 9.97 Å². The fraction of sp³-hybridized carbons (Fsp3) is 0.0769. The summed E-state index contributed by atoms with van der Waals surface area (Å²) in [6.07, 6.45) is -3.02. The Hall–Kier alpha value is -1.30. The molecule has 0 aliphatic carbocycles. The molecule has 3 rings (SSSR count). The molecule has 0 bridgehead atoms. The maximum absolute atomic E-state index is 12.7. The van der Waals surface area contributed by atoms with Crippen LogP contribution >= 0.6 is 11.3 Å². The second-order valence-electron chi connectivity index (χ2n) is 3.85. The van der Waals surface area contributed by atoms with Crippen LogP contribution < -0.4 is 0 Å². The number of thiophene rings is 1. The zero-order chi connectivity index (χ0) is 13.5. The first-order valence-corrected chi connectivity index (χ1v) is 6.21. The standard InChI is InChI=1S/C13H6F3N2S.Ir/c14-13(15,16)9-3-1-2-8(6-9)11-12-10(4-5-19-12)17-7-18-11;/h1,3-7H;/q-1;. The van der Waals surface area contributed by atoms with Gasteiger partial charge in [-0.05, 0) is 17.0 Å². The maximum atomic E-state index is 12.7. The van der Waals surface area contributed by atoms with Crippen LogP contribution in [0.4, 0.5) is 13.2 Å². The molecule has 0 fully saturated rings. The predicted octanol–water partition coefficient (Wildman–Crippen LogP) is 4.17. The van der Waals surface area contributed by atoms with Crippen molar-refractivity contribution in [2.24, 2.45) is 0 Å². The number of aromatic nitrogens is 2. The van der Waals surface area contributed by atoms with Gasteiger partial charge in [-0.15, -0.1) is 29.8 Å². The Bertz CT molecular complexity index is 740. The molecule has 0 atom stereocenters. The molecule has 105 valence electrons. The number of hydrogen-bond donors (Lipinski definition) is 0. The van der Waals surface area contributed by atoms with Crippen molar-refractivity contribution in [3.8, 4) is 11.3 Å². The number of nitrogens with zero attached hydrogens (tertiary/aromatic N) is 2. The summed E-state index contributed by atoms with van der Waals surface area (Å²) in [4.78, 5) is 8.13. The van der Waals surface area contributed by atoms with E-state index in [-0.39, 0.29) is 20.1 Å². The largest absolute Gasteiger partial charge is 0.399 e. The van der Waals surface area contributed by atoms with E-state index in [9.17, 15) is 13.2 Å². The summed E-state index contributed by atoms with van der Waals surface area (Å²) in [6, 6.07) is 7.92. The van der Waals surface area contributed by atoms with E-state index in [0.29, 0.717) is 11.3 Å². The summed E-state index contributed by atoms with van der Waals surface area (Å²) in [5.41, 5.74) is 0.821. The van der Waals surface area contributed by atoms with Gasteiger partial charge in [0.15, 0.2) is 0 Å². The maximum Gasteiger partial charge on any atom is 0.399 e. The molecule has 0 saturated heterocycles. The van der Waals surface area contributed by atoms with E-state index in [0.717, 1.165) is 22.3 Å². The minimum Gasteiger partial charge on any atom is -0.284 e. The Labute approximate surface area is 130 Å². The summed E-state index contributed by atoms with van der Waals surface area (Å²) in [5, 5.41) is 1.83. The second kappa shape index (κ2) is 5.60. The molecule has 0 spiro atoms. The summed E-state index contributed by atoms with van der Waals surface area (Å²) < 4.78 is 38.8. The monoisotopic (exact) mass is 472 g/mol. The summed E-state index contributed by atoms with van der Waals surface area (Å²) >= 11 is 1.40. The quantitative estimate of drug-likeness (QED) is 0.498. The molecular formula is C13H6F3IrN2S-. The van der Waals surface area contributed by atoms with Gasteiger partial charge in [-0.3, -0.25) is 4.98 Å². The molecule has 2 nitrogen and oxygen atoms in total. The van der Waals surface area contributed by atoms with E-state index in [1.165, 1.54) is 23.7 Å². The fourth-order valence-corrected chi connectivity index (χ4v) is 2.61. The van der Waals surface area contributed by atoms with E-state index < -0.39 is 11.7 Å². The zero-order valence-corrected chi connectivity index (χ0v) is 12.9. The van der Waals surface area contributed by atoms with Gasteiger partial charge in [0.25, 0.3) is 0 Å². The Balaban J connectivity index is 0.00000147. The van der Waals surface area contributed by atoms with Crippen molar-refractivity contribution in [3.63, 3.8) is 0 Å². The van der Waals surface area contributed by atoms with Crippen molar-refractivity contribution in [1.29, 1.82) is 0 Å². The number of hydrogen-bond acceptors (Lipinski definition) is 3. The molecule has 0 amide bonds. The number of benzene rings is 1. The molecule has 20 heavy (non-hydrogen) atoms. The second-order valence-corrected chi connectivity index (χ2v) is 4.76. The molecule has 2 heterocycles. The van der Waals surface area contributed by atoms with Crippen LogP contribution in [0.5, 0.6) is 0 Å². The number of alkyl halides is 3. The average Bonchev–Trinajstić information content (AvgIpc) is 2.86. The minimum atomic E-state index is -4.37. The third-order valence-electron chi connectivity index (χ3n) is 2.63. The molecule has 1 radical (unpaired) electrons. The molecule has 1 aromatic carbocycles. The van der Waals surface area contributed by atoms with Gasteiger partial charge in [-0.2, -0.15) is 24.5 Å². The van der Waals surface area contributed by atoms with E-state index >= 15 is 0 Å². The molecule has 2 aromatic heterocycles. The van der Waals surface area contributed by atoms with Crippen LogP contribution in [0.15, 0.2) is 36.0 Å². The molecular weight excluding hydrogens is 465 g/mol. The van der Waals surface area contributed by atoms with Gasteiger partial charge >= 0.3 is 6.18 Å². The Kier molecular flexibility index (Phi) is 4.22. The van der Waals surface area contributed by atoms with Crippen molar-refractivity contribution in [2.45, 2.75) is 6.18 Å². The predicted molar refractivity (Wildman–Crippen MR) is 66.7 cm³/mol. The van der Waals surface area contributed by atoms with E-state index in [1.54, 1.807) is 6.07 Å². The van der Waals surface area contributed by atoms with Crippen molar-refractivity contribution >= 4 is 21.6 Å². The van der Waals surface area contributed by atoms with Gasteiger partial charge in [0.05, 0.1) is 5.52 Å². The van der Waals surface area contributed by atoms with E-state index in [4.69, 9.17) is 0 Å². The SMILES string of the molecule is FC(F)(F)c1cc[c-]c(-c2ncnc3ccsc23)c1.[Ir]. The topological polar surface area (TPSA) is 25.8 Å². The number of fused-ring (bicyclic) bond motifs is 1. The Morgan fingerprint density at radius 3 is 2.70 bits per heavy atom. The summed E-state index contributed by atoms with van der Waals surface area (Å²) in [6.45, 7) is 0. The Morgan fingerprint density at radius 1 is 1.15 bits per heavy atom. The minimum absolute atomic E-state index is 0. The van der Waals surface area contributed by atoms with Gasteiger partial charge in [0.1, 0.15) is 6.33 Å². The van der Waals surface area contributed by atoms with Gasteiger partial charge in [0, 0.05) is 30.5 Å². The molecule has 0 unspecified atom stereocenters. The van der Waals surface area contributed by atoms with E-state index in [2.05, 4.69) is 16.0 Å². The normalized spacial score (nSPS) is 11.3. The first-order valence-electron chi connectivity index (χ1n) is 5.33. The van der Waals surface area contributed by atoms with Crippen molar-refractivity contribution in [3.05, 3.63) is 47.6 Å². The zero-order valence-electron chi connectivity index (χ0n) is 9.73. The number of rotatable bonds is 1. The van der Waals surface area contributed by atoms with Gasteiger partial charge in [0.2, 0.25) is 0 Å². The molecule has 0 aliphatic heterocycles. The number of halogens is 3. The molecule has 0 aliphatic rings. The summed E-state index contributed by atoms with van der Waals surface area (Å²) in [7, 11) is 0.